The van der Waals surface area contributed by atoms with E-state index in [1.54, 1.807) is 13.0 Å². The summed E-state index contributed by atoms with van der Waals surface area (Å²) in [5.74, 6) is -0.224. The second-order valence-electron chi connectivity index (χ2n) is 5.79. The van der Waals surface area contributed by atoms with Crippen molar-refractivity contribution < 1.29 is 9.18 Å². The van der Waals surface area contributed by atoms with Crippen molar-refractivity contribution in [3.63, 3.8) is 0 Å². The molecule has 20 heavy (non-hydrogen) atoms. The number of piperidine rings is 1. The van der Waals surface area contributed by atoms with Gasteiger partial charge < -0.3 is 10.6 Å². The maximum Gasteiger partial charge on any atom is 0.237 e. The molecule has 3 unspecified atom stereocenters. The smallest absolute Gasteiger partial charge is 0.237 e. The van der Waals surface area contributed by atoms with E-state index in [2.05, 4.69) is 17.6 Å². The summed E-state index contributed by atoms with van der Waals surface area (Å²) in [5, 5.41) is 6.27. The number of hydrogen-bond acceptors (Lipinski definition) is 2. The first-order valence-electron chi connectivity index (χ1n) is 7.30. The highest BCUT2D eigenvalue weighted by Crippen LogP contribution is 2.18. The van der Waals surface area contributed by atoms with E-state index in [0.717, 1.165) is 24.8 Å². The normalized spacial score (nSPS) is 24.2. The van der Waals surface area contributed by atoms with Gasteiger partial charge in [-0.1, -0.05) is 12.1 Å². The van der Waals surface area contributed by atoms with Gasteiger partial charge in [0.05, 0.1) is 12.1 Å². The first kappa shape index (κ1) is 15.0. The Kier molecular flexibility index (Phi) is 4.76. The van der Waals surface area contributed by atoms with Gasteiger partial charge in [-0.25, -0.2) is 4.39 Å². The zero-order valence-electron chi connectivity index (χ0n) is 12.4. The van der Waals surface area contributed by atoms with Crippen LogP contribution in [-0.4, -0.2) is 18.0 Å². The van der Waals surface area contributed by atoms with Gasteiger partial charge in [0.2, 0.25) is 5.91 Å². The summed E-state index contributed by atoms with van der Waals surface area (Å²) in [6.45, 7) is 5.71. The second kappa shape index (κ2) is 6.35. The lowest BCUT2D eigenvalue weighted by Crippen LogP contribution is -2.50. The summed E-state index contributed by atoms with van der Waals surface area (Å²) >= 11 is 0. The molecule has 0 spiro atoms. The first-order chi connectivity index (χ1) is 9.47. The largest absolute Gasteiger partial charge is 0.348 e. The quantitative estimate of drug-likeness (QED) is 0.892. The molecule has 0 radical (unpaired) electrons. The van der Waals surface area contributed by atoms with Crippen molar-refractivity contribution >= 4 is 5.91 Å². The molecule has 1 aromatic rings. The Labute approximate surface area is 120 Å². The molecule has 4 heteroatoms. The topological polar surface area (TPSA) is 41.1 Å². The summed E-state index contributed by atoms with van der Waals surface area (Å²) < 4.78 is 13.6. The van der Waals surface area contributed by atoms with Crippen LogP contribution in [0.4, 0.5) is 4.39 Å². The Bertz CT molecular complexity index is 489. The minimum atomic E-state index is -0.229. The molecule has 0 aromatic heterocycles. The SMILES string of the molecule is Cc1ccc(C(C)NC(=O)C2CCCC(C)N2)cc1F. The van der Waals surface area contributed by atoms with Crippen molar-refractivity contribution in [2.24, 2.45) is 0 Å². The molecule has 1 amide bonds. The van der Waals surface area contributed by atoms with E-state index in [-0.39, 0.29) is 23.8 Å². The molecule has 0 aliphatic carbocycles. The number of carbonyl (C=O) groups excluding carboxylic acids is 1. The van der Waals surface area contributed by atoms with E-state index >= 15 is 0 Å². The molecule has 0 bridgehead atoms. The van der Waals surface area contributed by atoms with Crippen LogP contribution in [0.25, 0.3) is 0 Å². The van der Waals surface area contributed by atoms with Crippen LogP contribution in [0.5, 0.6) is 0 Å². The van der Waals surface area contributed by atoms with E-state index in [0.29, 0.717) is 11.6 Å². The van der Waals surface area contributed by atoms with Gasteiger partial charge in [0, 0.05) is 6.04 Å². The number of amides is 1. The number of aryl methyl sites for hydroxylation is 1. The summed E-state index contributed by atoms with van der Waals surface area (Å²) in [7, 11) is 0. The van der Waals surface area contributed by atoms with Gasteiger partial charge in [0.1, 0.15) is 5.82 Å². The number of halogens is 1. The van der Waals surface area contributed by atoms with Crippen LogP contribution >= 0.6 is 0 Å². The molecule has 1 fully saturated rings. The van der Waals surface area contributed by atoms with Gasteiger partial charge in [0.15, 0.2) is 0 Å². The lowest BCUT2D eigenvalue weighted by Gasteiger charge is -2.29. The van der Waals surface area contributed by atoms with Gasteiger partial charge in [-0.15, -0.1) is 0 Å². The highest BCUT2D eigenvalue weighted by Gasteiger charge is 2.25. The van der Waals surface area contributed by atoms with Crippen molar-refractivity contribution in [2.75, 3.05) is 0 Å². The standard InChI is InChI=1S/C16H23FN2O/c1-10-7-8-13(9-14(10)17)12(3)19-16(20)15-6-4-5-11(2)18-15/h7-9,11-12,15,18H,4-6H2,1-3H3,(H,19,20). The molecule has 110 valence electrons. The van der Waals surface area contributed by atoms with E-state index in [9.17, 15) is 9.18 Å². The number of rotatable bonds is 3. The van der Waals surface area contributed by atoms with E-state index < -0.39 is 0 Å². The van der Waals surface area contributed by atoms with E-state index in [4.69, 9.17) is 0 Å². The van der Waals surface area contributed by atoms with Gasteiger partial charge in [-0.3, -0.25) is 4.79 Å². The molecule has 1 aromatic carbocycles. The molecule has 2 rings (SSSR count). The molecule has 1 heterocycles. The molecule has 3 atom stereocenters. The number of hydrogen-bond donors (Lipinski definition) is 2. The Morgan fingerprint density at radius 3 is 2.85 bits per heavy atom. The van der Waals surface area contributed by atoms with Gasteiger partial charge in [-0.05, 0) is 57.2 Å². The fourth-order valence-electron chi connectivity index (χ4n) is 2.62. The fourth-order valence-corrected chi connectivity index (χ4v) is 2.62. The summed E-state index contributed by atoms with van der Waals surface area (Å²) in [6.07, 6.45) is 3.05. The third-order valence-corrected chi connectivity index (χ3v) is 3.99. The maximum absolute atomic E-state index is 13.6. The third kappa shape index (κ3) is 3.57. The molecule has 0 saturated carbocycles. The lowest BCUT2D eigenvalue weighted by atomic mass is 9.98. The highest BCUT2D eigenvalue weighted by atomic mass is 19.1. The Hall–Kier alpha value is -1.42. The van der Waals surface area contributed by atoms with E-state index in [1.165, 1.54) is 6.07 Å². The summed E-state index contributed by atoms with van der Waals surface area (Å²) in [4.78, 5) is 12.2. The Morgan fingerprint density at radius 2 is 2.20 bits per heavy atom. The number of nitrogens with one attached hydrogen (secondary N) is 2. The van der Waals surface area contributed by atoms with Gasteiger partial charge in [0.25, 0.3) is 0 Å². The predicted molar refractivity (Wildman–Crippen MR) is 77.9 cm³/mol. The molecule has 3 nitrogen and oxygen atoms in total. The highest BCUT2D eigenvalue weighted by molar-refractivity contribution is 5.82. The van der Waals surface area contributed by atoms with Crippen molar-refractivity contribution in [3.05, 3.63) is 35.1 Å². The van der Waals surface area contributed by atoms with Crippen molar-refractivity contribution in [2.45, 2.75) is 58.2 Å². The van der Waals surface area contributed by atoms with Crippen LogP contribution in [0.3, 0.4) is 0 Å². The van der Waals surface area contributed by atoms with Crippen molar-refractivity contribution in [1.82, 2.24) is 10.6 Å². The molecular formula is C16H23FN2O. The van der Waals surface area contributed by atoms with Crippen LogP contribution in [0.15, 0.2) is 18.2 Å². The predicted octanol–water partition coefficient (Wildman–Crippen LogP) is 2.84. The second-order valence-corrected chi connectivity index (χ2v) is 5.79. The van der Waals surface area contributed by atoms with Crippen molar-refractivity contribution in [3.8, 4) is 0 Å². The van der Waals surface area contributed by atoms with Gasteiger partial charge in [-0.2, -0.15) is 0 Å². The fraction of sp³-hybridized carbons (Fsp3) is 0.562. The number of benzene rings is 1. The van der Waals surface area contributed by atoms with Crippen molar-refractivity contribution in [1.29, 1.82) is 0 Å². The summed E-state index contributed by atoms with van der Waals surface area (Å²) in [5.41, 5.74) is 1.42. The Balaban J connectivity index is 1.97. The van der Waals surface area contributed by atoms with Crippen LogP contribution in [-0.2, 0) is 4.79 Å². The maximum atomic E-state index is 13.6. The van der Waals surface area contributed by atoms with Crippen LogP contribution in [0.1, 0.15) is 50.3 Å². The molecule has 1 aliphatic rings. The Morgan fingerprint density at radius 1 is 1.45 bits per heavy atom. The minimum absolute atomic E-state index is 0.00466. The van der Waals surface area contributed by atoms with Crippen LogP contribution < -0.4 is 10.6 Å². The first-order valence-corrected chi connectivity index (χ1v) is 7.30. The van der Waals surface area contributed by atoms with E-state index in [1.807, 2.05) is 13.0 Å². The summed E-state index contributed by atoms with van der Waals surface area (Å²) in [6, 6.07) is 5.17. The average molecular weight is 278 g/mol. The van der Waals surface area contributed by atoms with Crippen LogP contribution in [0, 0.1) is 12.7 Å². The third-order valence-electron chi connectivity index (χ3n) is 3.99. The molecule has 2 N–H and O–H groups in total. The molecular weight excluding hydrogens is 255 g/mol. The zero-order chi connectivity index (χ0) is 14.7. The monoisotopic (exact) mass is 278 g/mol. The molecule has 1 aliphatic heterocycles. The van der Waals surface area contributed by atoms with Gasteiger partial charge >= 0.3 is 0 Å². The number of carbonyl (C=O) groups is 1. The zero-order valence-corrected chi connectivity index (χ0v) is 12.4. The minimum Gasteiger partial charge on any atom is -0.348 e. The van der Waals surface area contributed by atoms with Crippen LogP contribution in [0.2, 0.25) is 0 Å². The molecule has 1 saturated heterocycles. The average Bonchev–Trinajstić information content (AvgIpc) is 2.41. The lowest BCUT2D eigenvalue weighted by molar-refractivity contribution is -0.124.